The largest absolute Gasteiger partial charge is 0.364 e. The number of fused-ring (bicyclic) bond motifs is 1. The normalized spacial score (nSPS) is 20.9. The second-order valence-electron chi connectivity index (χ2n) is 7.01. The van der Waals surface area contributed by atoms with Gasteiger partial charge in [-0.05, 0) is 30.9 Å². The number of nitrogens with zero attached hydrogens (tertiary/aromatic N) is 3. The molecule has 0 radical (unpaired) electrons. The van der Waals surface area contributed by atoms with Gasteiger partial charge in [0, 0.05) is 23.3 Å². The molecule has 4 rings (SSSR count). The summed E-state index contributed by atoms with van der Waals surface area (Å²) in [6, 6.07) is 6.12. The number of benzene rings is 1. The van der Waals surface area contributed by atoms with Gasteiger partial charge in [0.25, 0.3) is 5.91 Å². The van der Waals surface area contributed by atoms with Crippen molar-refractivity contribution in [2.24, 2.45) is 11.5 Å². The highest BCUT2D eigenvalue weighted by atomic mass is 16.1. The number of nitrogens with one attached hydrogen (secondary N) is 2. The molecule has 1 aromatic heterocycles. The number of amides is 1. The number of hydrogen-bond acceptors (Lipinski definition) is 7. The third-order valence-corrected chi connectivity index (χ3v) is 5.13. The van der Waals surface area contributed by atoms with E-state index in [-0.39, 0.29) is 23.6 Å². The number of nitrogens with two attached hydrogens (primary N) is 2. The summed E-state index contributed by atoms with van der Waals surface area (Å²) < 4.78 is 0. The Morgan fingerprint density at radius 2 is 2.04 bits per heavy atom. The van der Waals surface area contributed by atoms with Crippen LogP contribution in [-0.2, 0) is 6.42 Å². The lowest BCUT2D eigenvalue weighted by molar-refractivity contribution is 0.0995. The first-order valence-electron chi connectivity index (χ1n) is 9.24. The van der Waals surface area contributed by atoms with Crippen LogP contribution in [0.5, 0.6) is 0 Å². The minimum Gasteiger partial charge on any atom is -0.364 e. The first kappa shape index (κ1) is 17.4. The number of allylic oxidation sites excluding steroid dienone is 1. The molecule has 0 bridgehead atoms. The Bertz CT molecular complexity index is 896. The average molecular weight is 365 g/mol. The van der Waals surface area contributed by atoms with Crippen LogP contribution in [0.4, 0.5) is 17.5 Å². The molecule has 1 fully saturated rings. The molecule has 0 spiro atoms. The second kappa shape index (κ2) is 7.32. The van der Waals surface area contributed by atoms with Gasteiger partial charge < -0.3 is 22.1 Å². The highest BCUT2D eigenvalue weighted by molar-refractivity contribution is 5.96. The number of anilines is 3. The Labute approximate surface area is 157 Å². The van der Waals surface area contributed by atoms with Crippen molar-refractivity contribution in [3.8, 4) is 0 Å². The van der Waals surface area contributed by atoms with Gasteiger partial charge in [-0.25, -0.2) is 0 Å². The number of carbonyl (C=O) groups excluding carboxylic acids is 1. The Hall–Kier alpha value is -3.00. The van der Waals surface area contributed by atoms with E-state index in [0.717, 1.165) is 43.4 Å². The molecule has 2 aliphatic carbocycles. The smallest absolute Gasteiger partial charge is 0.273 e. The second-order valence-corrected chi connectivity index (χ2v) is 7.01. The van der Waals surface area contributed by atoms with E-state index in [9.17, 15) is 4.79 Å². The van der Waals surface area contributed by atoms with Crippen molar-refractivity contribution in [2.75, 3.05) is 10.6 Å². The average Bonchev–Trinajstić information content (AvgIpc) is 3.13. The highest BCUT2D eigenvalue weighted by Gasteiger charge is 2.24. The van der Waals surface area contributed by atoms with E-state index in [2.05, 4.69) is 44.0 Å². The number of carbonyl (C=O) groups is 1. The van der Waals surface area contributed by atoms with E-state index in [0.29, 0.717) is 5.95 Å². The summed E-state index contributed by atoms with van der Waals surface area (Å²) in [5.41, 5.74) is 14.8. The van der Waals surface area contributed by atoms with Gasteiger partial charge in [0.2, 0.25) is 5.95 Å². The van der Waals surface area contributed by atoms with Crippen LogP contribution in [0.1, 0.15) is 47.3 Å². The van der Waals surface area contributed by atoms with Crippen LogP contribution < -0.4 is 22.1 Å². The van der Waals surface area contributed by atoms with Gasteiger partial charge >= 0.3 is 0 Å². The summed E-state index contributed by atoms with van der Waals surface area (Å²) in [4.78, 5) is 16.3. The maximum absolute atomic E-state index is 11.8. The number of primary amides is 1. The molecule has 2 atom stereocenters. The molecule has 0 saturated heterocycles. The van der Waals surface area contributed by atoms with Crippen molar-refractivity contribution >= 4 is 29.4 Å². The molecule has 0 unspecified atom stereocenters. The zero-order valence-electron chi connectivity index (χ0n) is 15.0. The quantitative estimate of drug-likeness (QED) is 0.637. The van der Waals surface area contributed by atoms with Gasteiger partial charge in [-0.2, -0.15) is 4.98 Å². The van der Waals surface area contributed by atoms with E-state index in [1.165, 1.54) is 5.56 Å². The zero-order valence-corrected chi connectivity index (χ0v) is 15.0. The van der Waals surface area contributed by atoms with E-state index >= 15 is 0 Å². The summed E-state index contributed by atoms with van der Waals surface area (Å²) in [6.45, 7) is 0. The third kappa shape index (κ3) is 3.61. The van der Waals surface area contributed by atoms with Gasteiger partial charge in [-0.15, -0.1) is 10.2 Å². The van der Waals surface area contributed by atoms with Gasteiger partial charge in [-0.3, -0.25) is 4.79 Å². The van der Waals surface area contributed by atoms with Crippen LogP contribution in [0, 0.1) is 0 Å². The first-order valence-corrected chi connectivity index (χ1v) is 9.24. The maximum atomic E-state index is 11.8. The first-order chi connectivity index (χ1) is 13.1. The maximum Gasteiger partial charge on any atom is 0.273 e. The van der Waals surface area contributed by atoms with Crippen LogP contribution in [0.15, 0.2) is 24.3 Å². The Kier molecular flexibility index (Phi) is 4.72. The molecule has 1 aromatic carbocycles. The molecule has 0 aliphatic heterocycles. The molecular formula is C19H23N7O. The van der Waals surface area contributed by atoms with E-state index in [4.69, 9.17) is 11.5 Å². The SMILES string of the molecule is NC(=O)c1nnc(N[C@@H]2CCCC[C@@H]2N)nc1Nc1cccc2c1C=CC2. The summed E-state index contributed by atoms with van der Waals surface area (Å²) in [5.74, 6) is -0.0485. The van der Waals surface area contributed by atoms with Crippen molar-refractivity contribution in [1.82, 2.24) is 15.2 Å². The molecule has 1 amide bonds. The summed E-state index contributed by atoms with van der Waals surface area (Å²) >= 11 is 0. The van der Waals surface area contributed by atoms with Gasteiger partial charge in [0.05, 0.1) is 0 Å². The molecule has 27 heavy (non-hydrogen) atoms. The standard InChI is InChI=1S/C19H23N7O/c20-13-8-1-2-9-15(13)23-19-24-18(16(17(21)27)25-26-19)22-14-10-4-6-11-5-3-7-12(11)14/h3-4,6-7,10,13,15H,1-2,5,8-9,20H2,(H2,21,27)(H2,22,23,24,26)/t13-,15+/m0/s1. The molecule has 2 aliphatic rings. The molecule has 6 N–H and O–H groups in total. The fraction of sp³-hybridized carbons (Fsp3) is 0.368. The summed E-state index contributed by atoms with van der Waals surface area (Å²) in [5, 5.41) is 14.5. The lowest BCUT2D eigenvalue weighted by atomic mass is 9.91. The molecule has 140 valence electrons. The number of aromatic nitrogens is 3. The van der Waals surface area contributed by atoms with Crippen molar-refractivity contribution in [1.29, 1.82) is 0 Å². The minimum atomic E-state index is -0.679. The summed E-state index contributed by atoms with van der Waals surface area (Å²) in [7, 11) is 0. The van der Waals surface area contributed by atoms with Gasteiger partial charge in [-0.1, -0.05) is 37.1 Å². The molecule has 8 nitrogen and oxygen atoms in total. The monoisotopic (exact) mass is 365 g/mol. The highest BCUT2D eigenvalue weighted by Crippen LogP contribution is 2.30. The topological polar surface area (TPSA) is 132 Å². The van der Waals surface area contributed by atoms with Gasteiger partial charge in [0.15, 0.2) is 11.5 Å². The number of rotatable bonds is 5. The molecule has 2 aromatic rings. The van der Waals surface area contributed by atoms with Crippen LogP contribution in [-0.4, -0.2) is 33.2 Å². The molecule has 1 saturated carbocycles. The van der Waals surface area contributed by atoms with Crippen molar-refractivity contribution < 1.29 is 4.79 Å². The number of hydrogen-bond donors (Lipinski definition) is 4. The predicted molar refractivity (Wildman–Crippen MR) is 105 cm³/mol. The lowest BCUT2D eigenvalue weighted by Gasteiger charge is -2.29. The fourth-order valence-corrected chi connectivity index (χ4v) is 3.67. The summed E-state index contributed by atoms with van der Waals surface area (Å²) in [6.07, 6.45) is 9.23. The molecule has 8 heteroatoms. The van der Waals surface area contributed by atoms with Crippen LogP contribution in [0.3, 0.4) is 0 Å². The Morgan fingerprint density at radius 3 is 2.85 bits per heavy atom. The van der Waals surface area contributed by atoms with Crippen molar-refractivity contribution in [3.63, 3.8) is 0 Å². The van der Waals surface area contributed by atoms with Gasteiger partial charge in [0.1, 0.15) is 0 Å². The fourth-order valence-electron chi connectivity index (χ4n) is 3.67. The van der Waals surface area contributed by atoms with E-state index in [1.54, 1.807) is 0 Å². The van der Waals surface area contributed by atoms with Crippen LogP contribution in [0.2, 0.25) is 0 Å². The van der Waals surface area contributed by atoms with Crippen LogP contribution in [0.25, 0.3) is 6.08 Å². The van der Waals surface area contributed by atoms with Crippen LogP contribution >= 0.6 is 0 Å². The molecular weight excluding hydrogens is 342 g/mol. The predicted octanol–water partition coefficient (Wildman–Crippen LogP) is 1.97. The molecule has 1 heterocycles. The lowest BCUT2D eigenvalue weighted by Crippen LogP contribution is -2.43. The minimum absolute atomic E-state index is 0.00747. The Morgan fingerprint density at radius 1 is 1.19 bits per heavy atom. The zero-order chi connectivity index (χ0) is 18.8. The van der Waals surface area contributed by atoms with E-state index < -0.39 is 5.91 Å². The van der Waals surface area contributed by atoms with E-state index in [1.807, 2.05) is 12.1 Å². The Balaban J connectivity index is 1.63. The third-order valence-electron chi connectivity index (χ3n) is 5.13. The van der Waals surface area contributed by atoms with Crippen molar-refractivity contribution in [3.05, 3.63) is 41.1 Å². The van der Waals surface area contributed by atoms with Crippen molar-refractivity contribution in [2.45, 2.75) is 44.2 Å².